The van der Waals surface area contributed by atoms with Crippen LogP contribution in [0.4, 0.5) is 0 Å². The predicted octanol–water partition coefficient (Wildman–Crippen LogP) is 1.68. The van der Waals surface area contributed by atoms with Crippen LogP contribution in [0.2, 0.25) is 0 Å². The molecule has 0 radical (unpaired) electrons. The lowest BCUT2D eigenvalue weighted by atomic mass is 10.1. The van der Waals surface area contributed by atoms with Gasteiger partial charge in [-0.1, -0.05) is 35.5 Å². The molecule has 0 saturated heterocycles. The number of nitrogens with zero attached hydrogens (tertiary/aromatic N) is 1. The number of aryl methyl sites for hydroxylation is 1. The van der Waals surface area contributed by atoms with Gasteiger partial charge in [-0.25, -0.2) is 0 Å². The number of amidine groups is 1. The lowest BCUT2D eigenvalue weighted by Gasteiger charge is -2.02. The Hall–Kier alpha value is -1.55. The summed E-state index contributed by atoms with van der Waals surface area (Å²) in [4.78, 5) is 4.94. The Bertz CT molecular complexity index is 325. The van der Waals surface area contributed by atoms with Crippen LogP contribution in [0.15, 0.2) is 35.5 Å². The lowest BCUT2D eigenvalue weighted by molar-refractivity contribution is 0.123. The van der Waals surface area contributed by atoms with Gasteiger partial charge in [-0.05, 0) is 18.4 Å². The normalized spacial score (nSPS) is 11.5. The Morgan fingerprint density at radius 3 is 2.71 bits per heavy atom. The van der Waals surface area contributed by atoms with Gasteiger partial charge in [0.15, 0.2) is 0 Å². The summed E-state index contributed by atoms with van der Waals surface area (Å²) in [5.74, 6) is 0.513. The van der Waals surface area contributed by atoms with Gasteiger partial charge in [0.2, 0.25) is 0 Å². The Morgan fingerprint density at radius 1 is 1.24 bits per heavy atom. The number of oxime groups is 1. The fourth-order valence-corrected chi connectivity index (χ4v) is 1.42. The molecule has 0 aliphatic carbocycles. The second kappa shape index (κ2) is 8.58. The predicted molar refractivity (Wildman–Crippen MR) is 68.7 cm³/mol. The van der Waals surface area contributed by atoms with Crippen molar-refractivity contribution in [2.75, 3.05) is 13.2 Å². The summed E-state index contributed by atoms with van der Waals surface area (Å²) in [5.41, 5.74) is 6.99. The maximum atomic E-state index is 8.54. The SMILES string of the molecule is N/C(CCCc1ccccc1)=N/OCCCO. The first-order chi connectivity index (χ1) is 8.33. The highest BCUT2D eigenvalue weighted by Crippen LogP contribution is 2.04. The van der Waals surface area contributed by atoms with Gasteiger partial charge in [-0.15, -0.1) is 0 Å². The number of aliphatic hydroxyl groups is 1. The third-order valence-corrected chi connectivity index (χ3v) is 2.32. The van der Waals surface area contributed by atoms with Crippen molar-refractivity contribution in [1.82, 2.24) is 0 Å². The Labute approximate surface area is 102 Å². The van der Waals surface area contributed by atoms with Gasteiger partial charge in [-0.2, -0.15) is 0 Å². The first-order valence-corrected chi connectivity index (χ1v) is 5.92. The molecular weight excluding hydrogens is 216 g/mol. The minimum absolute atomic E-state index is 0.115. The van der Waals surface area contributed by atoms with E-state index in [0.29, 0.717) is 18.9 Å². The third kappa shape index (κ3) is 6.58. The molecular formula is C13H20N2O2. The Kier molecular flexibility index (Phi) is 6.82. The standard InChI is InChI=1S/C13H20N2O2/c14-13(15-17-11-5-10-16)9-4-8-12-6-2-1-3-7-12/h1-3,6-7,16H,4-5,8-11H2,(H2,14,15). The molecule has 0 fully saturated rings. The molecule has 4 nitrogen and oxygen atoms in total. The topological polar surface area (TPSA) is 67.8 Å². The van der Waals surface area contributed by atoms with Gasteiger partial charge in [0.25, 0.3) is 0 Å². The average molecular weight is 236 g/mol. The minimum atomic E-state index is 0.115. The summed E-state index contributed by atoms with van der Waals surface area (Å²) in [7, 11) is 0. The molecule has 0 amide bonds. The Morgan fingerprint density at radius 2 is 2.00 bits per heavy atom. The number of hydrogen-bond acceptors (Lipinski definition) is 3. The van der Waals surface area contributed by atoms with Crippen molar-refractivity contribution < 1.29 is 9.94 Å². The first-order valence-electron chi connectivity index (χ1n) is 5.92. The van der Waals surface area contributed by atoms with Crippen LogP contribution in [-0.4, -0.2) is 24.2 Å². The molecule has 0 aliphatic rings. The molecule has 0 saturated carbocycles. The highest BCUT2D eigenvalue weighted by Gasteiger charge is 1.96. The van der Waals surface area contributed by atoms with Crippen LogP contribution in [-0.2, 0) is 11.3 Å². The van der Waals surface area contributed by atoms with Crippen LogP contribution in [0.25, 0.3) is 0 Å². The summed E-state index contributed by atoms with van der Waals surface area (Å²) >= 11 is 0. The van der Waals surface area contributed by atoms with Gasteiger partial charge in [0.05, 0.1) is 0 Å². The zero-order valence-corrected chi connectivity index (χ0v) is 10.0. The van der Waals surface area contributed by atoms with Crippen LogP contribution >= 0.6 is 0 Å². The van der Waals surface area contributed by atoms with Gasteiger partial charge >= 0.3 is 0 Å². The van der Waals surface area contributed by atoms with Crippen molar-refractivity contribution >= 4 is 5.84 Å². The summed E-state index contributed by atoms with van der Waals surface area (Å²) in [6, 6.07) is 10.3. The number of rotatable bonds is 8. The van der Waals surface area contributed by atoms with Crippen LogP contribution < -0.4 is 5.73 Å². The van der Waals surface area contributed by atoms with E-state index in [0.717, 1.165) is 19.3 Å². The molecule has 17 heavy (non-hydrogen) atoms. The van der Waals surface area contributed by atoms with E-state index in [1.54, 1.807) is 0 Å². The largest absolute Gasteiger partial charge is 0.396 e. The van der Waals surface area contributed by atoms with E-state index < -0.39 is 0 Å². The number of nitrogens with two attached hydrogens (primary N) is 1. The molecule has 94 valence electrons. The molecule has 3 N–H and O–H groups in total. The zero-order valence-electron chi connectivity index (χ0n) is 10.0. The molecule has 0 atom stereocenters. The van der Waals surface area contributed by atoms with Gasteiger partial charge in [-0.3, -0.25) is 0 Å². The van der Waals surface area contributed by atoms with Crippen LogP contribution in [0.3, 0.4) is 0 Å². The van der Waals surface area contributed by atoms with E-state index >= 15 is 0 Å². The van der Waals surface area contributed by atoms with Crippen LogP contribution in [0, 0.1) is 0 Å². The minimum Gasteiger partial charge on any atom is -0.396 e. The van der Waals surface area contributed by atoms with Crippen molar-refractivity contribution in [3.63, 3.8) is 0 Å². The monoisotopic (exact) mass is 236 g/mol. The number of hydrogen-bond donors (Lipinski definition) is 2. The van der Waals surface area contributed by atoms with Crippen LogP contribution in [0.5, 0.6) is 0 Å². The molecule has 0 spiro atoms. The second-order valence-corrected chi connectivity index (χ2v) is 3.83. The van der Waals surface area contributed by atoms with Crippen molar-refractivity contribution in [3.8, 4) is 0 Å². The van der Waals surface area contributed by atoms with E-state index in [9.17, 15) is 0 Å². The van der Waals surface area contributed by atoms with Crippen molar-refractivity contribution in [1.29, 1.82) is 0 Å². The van der Waals surface area contributed by atoms with E-state index in [1.807, 2.05) is 18.2 Å². The molecule has 4 heteroatoms. The summed E-state index contributed by atoms with van der Waals surface area (Å²) in [6.07, 6.45) is 3.27. The van der Waals surface area contributed by atoms with Crippen molar-refractivity contribution in [2.45, 2.75) is 25.7 Å². The molecule has 0 bridgehead atoms. The summed E-state index contributed by atoms with van der Waals surface area (Å²) in [5, 5.41) is 12.3. The van der Waals surface area contributed by atoms with E-state index in [-0.39, 0.29) is 6.61 Å². The summed E-state index contributed by atoms with van der Waals surface area (Å²) < 4.78 is 0. The smallest absolute Gasteiger partial charge is 0.139 e. The van der Waals surface area contributed by atoms with E-state index in [1.165, 1.54) is 5.56 Å². The van der Waals surface area contributed by atoms with E-state index in [2.05, 4.69) is 17.3 Å². The molecule has 0 aromatic heterocycles. The molecule has 0 unspecified atom stereocenters. The maximum absolute atomic E-state index is 8.54. The molecule has 1 rings (SSSR count). The van der Waals surface area contributed by atoms with Crippen molar-refractivity contribution in [3.05, 3.63) is 35.9 Å². The number of benzene rings is 1. The van der Waals surface area contributed by atoms with E-state index in [4.69, 9.17) is 15.7 Å². The zero-order chi connectivity index (χ0) is 12.3. The third-order valence-electron chi connectivity index (χ3n) is 2.32. The molecule has 0 aliphatic heterocycles. The fourth-order valence-electron chi connectivity index (χ4n) is 1.42. The van der Waals surface area contributed by atoms with Crippen molar-refractivity contribution in [2.24, 2.45) is 10.9 Å². The Balaban J connectivity index is 2.13. The lowest BCUT2D eigenvalue weighted by Crippen LogP contribution is -2.12. The maximum Gasteiger partial charge on any atom is 0.139 e. The second-order valence-electron chi connectivity index (χ2n) is 3.83. The van der Waals surface area contributed by atoms with Gasteiger partial charge < -0.3 is 15.7 Å². The molecule has 0 heterocycles. The first kappa shape index (κ1) is 13.5. The fraction of sp³-hybridized carbons (Fsp3) is 0.462. The molecule has 1 aromatic rings. The van der Waals surface area contributed by atoms with Crippen LogP contribution in [0.1, 0.15) is 24.8 Å². The summed E-state index contributed by atoms with van der Waals surface area (Å²) in [6.45, 7) is 0.527. The van der Waals surface area contributed by atoms with Gasteiger partial charge in [0.1, 0.15) is 12.4 Å². The highest BCUT2D eigenvalue weighted by atomic mass is 16.6. The number of aliphatic hydroxyl groups excluding tert-OH is 1. The highest BCUT2D eigenvalue weighted by molar-refractivity contribution is 5.79. The quantitative estimate of drug-likeness (QED) is 0.312. The molecule has 1 aromatic carbocycles. The van der Waals surface area contributed by atoms with Gasteiger partial charge in [0, 0.05) is 19.4 Å². The average Bonchev–Trinajstić information content (AvgIpc) is 2.36.